The molecule has 2 atom stereocenters. The quantitative estimate of drug-likeness (QED) is 0.586. The van der Waals surface area contributed by atoms with Crippen LogP contribution in [-0.4, -0.2) is 39.7 Å². The van der Waals surface area contributed by atoms with Crippen LogP contribution in [0.4, 0.5) is 0 Å². The minimum atomic E-state index is -0.655. The lowest BCUT2D eigenvalue weighted by Crippen LogP contribution is -2.43. The molecule has 1 heterocycles. The molecular weight excluding hydrogens is 196 g/mol. The van der Waals surface area contributed by atoms with Crippen LogP contribution in [0.15, 0.2) is 18.7 Å². The molecule has 1 aromatic rings. The van der Waals surface area contributed by atoms with Gasteiger partial charge in [-0.1, -0.05) is 0 Å². The van der Waals surface area contributed by atoms with Crippen LogP contribution in [0.1, 0.15) is 17.3 Å². The van der Waals surface area contributed by atoms with Crippen molar-refractivity contribution >= 4 is 5.91 Å². The van der Waals surface area contributed by atoms with Crippen molar-refractivity contribution in [2.75, 3.05) is 6.54 Å². The second-order valence-corrected chi connectivity index (χ2v) is 3.24. The Labute approximate surface area is 87.5 Å². The summed E-state index contributed by atoms with van der Waals surface area (Å²) in [5.41, 5.74) is 5.92. The van der Waals surface area contributed by atoms with E-state index >= 15 is 0 Å². The summed E-state index contributed by atoms with van der Waals surface area (Å²) in [4.78, 5) is 18.9. The van der Waals surface area contributed by atoms with Crippen molar-refractivity contribution in [1.29, 1.82) is 0 Å². The van der Waals surface area contributed by atoms with Crippen molar-refractivity contribution in [2.45, 2.75) is 19.1 Å². The number of nitrogens with two attached hydrogens (primary N) is 1. The van der Waals surface area contributed by atoms with Gasteiger partial charge in [-0.25, -0.2) is 9.97 Å². The van der Waals surface area contributed by atoms with Crippen molar-refractivity contribution in [1.82, 2.24) is 15.3 Å². The largest absolute Gasteiger partial charge is 0.392 e. The van der Waals surface area contributed by atoms with Crippen LogP contribution in [0.2, 0.25) is 0 Å². The lowest BCUT2D eigenvalue weighted by molar-refractivity contribution is 0.0937. The molecule has 0 saturated carbocycles. The van der Waals surface area contributed by atoms with Gasteiger partial charge in [0.15, 0.2) is 0 Å². The fourth-order valence-electron chi connectivity index (χ4n) is 0.900. The highest BCUT2D eigenvalue weighted by Crippen LogP contribution is 1.93. The zero-order chi connectivity index (χ0) is 11.3. The fourth-order valence-corrected chi connectivity index (χ4v) is 0.900. The molecule has 0 aliphatic heterocycles. The molecule has 0 saturated heterocycles. The van der Waals surface area contributed by atoms with E-state index in [1.807, 2.05) is 0 Å². The molecule has 0 aliphatic rings. The predicted octanol–water partition coefficient (Wildman–Crippen LogP) is -1.09. The summed E-state index contributed by atoms with van der Waals surface area (Å²) >= 11 is 0. The summed E-state index contributed by atoms with van der Waals surface area (Å²) in [6.07, 6.45) is 3.52. The highest BCUT2D eigenvalue weighted by molar-refractivity contribution is 5.93. The van der Waals surface area contributed by atoms with Crippen LogP contribution in [-0.2, 0) is 0 Å². The smallest absolute Gasteiger partial charge is 0.254 e. The van der Waals surface area contributed by atoms with E-state index in [9.17, 15) is 4.79 Å². The lowest BCUT2D eigenvalue weighted by Gasteiger charge is -2.14. The number of carbonyl (C=O) groups excluding carboxylic acids is 1. The van der Waals surface area contributed by atoms with Gasteiger partial charge in [0.2, 0.25) is 0 Å². The predicted molar refractivity (Wildman–Crippen MR) is 54.0 cm³/mol. The highest BCUT2D eigenvalue weighted by atomic mass is 16.3. The lowest BCUT2D eigenvalue weighted by atomic mass is 10.2. The Morgan fingerprint density at radius 2 is 2.20 bits per heavy atom. The molecule has 4 N–H and O–H groups in total. The van der Waals surface area contributed by atoms with Gasteiger partial charge in [0, 0.05) is 25.0 Å². The molecule has 0 bridgehead atoms. The zero-order valence-corrected chi connectivity index (χ0v) is 8.42. The van der Waals surface area contributed by atoms with Gasteiger partial charge < -0.3 is 16.2 Å². The third-order valence-electron chi connectivity index (χ3n) is 1.94. The molecule has 1 aromatic heterocycles. The fraction of sp³-hybridized carbons (Fsp3) is 0.444. The monoisotopic (exact) mass is 210 g/mol. The van der Waals surface area contributed by atoms with E-state index in [1.54, 1.807) is 6.92 Å². The number of hydrogen-bond donors (Lipinski definition) is 3. The van der Waals surface area contributed by atoms with Gasteiger partial charge in [0.1, 0.15) is 6.33 Å². The Kier molecular flexibility index (Phi) is 4.14. The number of amides is 1. The van der Waals surface area contributed by atoms with Crippen molar-refractivity contribution in [2.24, 2.45) is 5.73 Å². The Morgan fingerprint density at radius 3 is 2.73 bits per heavy atom. The summed E-state index contributed by atoms with van der Waals surface area (Å²) in [6.45, 7) is 1.79. The van der Waals surface area contributed by atoms with E-state index in [2.05, 4.69) is 15.3 Å². The number of hydrogen-bond acceptors (Lipinski definition) is 5. The van der Waals surface area contributed by atoms with Gasteiger partial charge in [0.25, 0.3) is 5.91 Å². The van der Waals surface area contributed by atoms with Crippen molar-refractivity contribution in [3.63, 3.8) is 0 Å². The summed E-state index contributed by atoms with van der Waals surface area (Å²) in [6, 6.07) is -0.474. The first-order valence-electron chi connectivity index (χ1n) is 4.58. The Bertz CT molecular complexity index is 315. The molecule has 0 spiro atoms. The van der Waals surface area contributed by atoms with Gasteiger partial charge in [-0.05, 0) is 6.92 Å². The summed E-state index contributed by atoms with van der Waals surface area (Å²) < 4.78 is 0. The molecule has 6 nitrogen and oxygen atoms in total. The summed E-state index contributed by atoms with van der Waals surface area (Å²) in [7, 11) is 0. The molecular formula is C9H14N4O2. The molecule has 0 radical (unpaired) electrons. The number of carbonyl (C=O) groups is 1. The molecule has 0 aromatic carbocycles. The normalized spacial score (nSPS) is 14.3. The Hall–Kier alpha value is -1.53. The van der Waals surface area contributed by atoms with Gasteiger partial charge in [0.05, 0.1) is 11.7 Å². The van der Waals surface area contributed by atoms with Crippen molar-refractivity contribution < 1.29 is 9.90 Å². The zero-order valence-electron chi connectivity index (χ0n) is 8.42. The average molecular weight is 210 g/mol. The SMILES string of the molecule is CC(O)C(N)CNC(=O)c1cncnc1. The summed E-state index contributed by atoms with van der Waals surface area (Å²) in [5.74, 6) is -0.299. The van der Waals surface area contributed by atoms with Crippen LogP contribution in [0.5, 0.6) is 0 Å². The van der Waals surface area contributed by atoms with E-state index < -0.39 is 12.1 Å². The number of aliphatic hydroxyl groups excluding tert-OH is 1. The first-order valence-corrected chi connectivity index (χ1v) is 4.58. The number of aliphatic hydroxyl groups is 1. The topological polar surface area (TPSA) is 101 Å². The van der Waals surface area contributed by atoms with Crippen LogP contribution in [0, 0.1) is 0 Å². The van der Waals surface area contributed by atoms with Crippen LogP contribution in [0.25, 0.3) is 0 Å². The maximum absolute atomic E-state index is 11.4. The molecule has 1 rings (SSSR count). The van der Waals surface area contributed by atoms with E-state index in [0.717, 1.165) is 0 Å². The third kappa shape index (κ3) is 3.61. The average Bonchev–Trinajstić information content (AvgIpc) is 2.26. The molecule has 0 aliphatic carbocycles. The molecule has 6 heteroatoms. The van der Waals surface area contributed by atoms with Crippen LogP contribution < -0.4 is 11.1 Å². The standard InChI is InChI=1S/C9H14N4O2/c1-6(14)8(10)4-13-9(15)7-2-11-5-12-3-7/h2-3,5-6,8,14H,4,10H2,1H3,(H,13,15). The molecule has 15 heavy (non-hydrogen) atoms. The maximum Gasteiger partial charge on any atom is 0.254 e. The van der Waals surface area contributed by atoms with Crippen molar-refractivity contribution in [3.8, 4) is 0 Å². The number of aromatic nitrogens is 2. The number of rotatable bonds is 4. The molecule has 0 fully saturated rings. The second-order valence-electron chi connectivity index (χ2n) is 3.24. The van der Waals surface area contributed by atoms with Gasteiger partial charge >= 0.3 is 0 Å². The maximum atomic E-state index is 11.4. The van der Waals surface area contributed by atoms with Gasteiger partial charge in [-0.15, -0.1) is 0 Å². The molecule has 82 valence electrons. The highest BCUT2D eigenvalue weighted by Gasteiger charge is 2.11. The first kappa shape index (κ1) is 11.5. The number of nitrogens with zero attached hydrogens (tertiary/aromatic N) is 2. The first-order chi connectivity index (χ1) is 7.11. The van der Waals surface area contributed by atoms with Crippen molar-refractivity contribution in [3.05, 3.63) is 24.3 Å². The minimum absolute atomic E-state index is 0.214. The van der Waals surface area contributed by atoms with E-state index in [4.69, 9.17) is 10.8 Å². The molecule has 1 amide bonds. The van der Waals surface area contributed by atoms with Crippen LogP contribution >= 0.6 is 0 Å². The Morgan fingerprint density at radius 1 is 1.60 bits per heavy atom. The molecule has 2 unspecified atom stereocenters. The van der Waals surface area contributed by atoms with Gasteiger partial charge in [-0.2, -0.15) is 0 Å². The summed E-state index contributed by atoms with van der Waals surface area (Å²) in [5, 5.41) is 11.7. The Balaban J connectivity index is 2.44. The van der Waals surface area contributed by atoms with Gasteiger partial charge in [-0.3, -0.25) is 4.79 Å². The minimum Gasteiger partial charge on any atom is -0.392 e. The van der Waals surface area contributed by atoms with Crippen LogP contribution in [0.3, 0.4) is 0 Å². The second kappa shape index (κ2) is 5.38. The third-order valence-corrected chi connectivity index (χ3v) is 1.94. The van der Waals surface area contributed by atoms with E-state index in [-0.39, 0.29) is 12.5 Å². The van der Waals surface area contributed by atoms with E-state index in [0.29, 0.717) is 5.56 Å². The van der Waals surface area contributed by atoms with E-state index in [1.165, 1.54) is 18.7 Å². The number of nitrogens with one attached hydrogen (secondary N) is 1.